The van der Waals surface area contributed by atoms with Crippen LogP contribution in [0.15, 0.2) is 97.2 Å². The Balaban J connectivity index is 1.25. The molecular weight excluding hydrogens is 558 g/mol. The first kappa shape index (κ1) is 28.4. The predicted molar refractivity (Wildman–Crippen MR) is 181 cm³/mol. The number of aromatic nitrogens is 2. The van der Waals surface area contributed by atoms with Crippen LogP contribution in [0.25, 0.3) is 49.5 Å². The number of pyridine rings is 1. The lowest BCUT2D eigenvalue weighted by atomic mass is 9.99. The summed E-state index contributed by atoms with van der Waals surface area (Å²) in [5.41, 5.74) is 7.20. The molecule has 7 rings (SSSR count). The first-order valence-corrected chi connectivity index (χ1v) is 15.5. The molecule has 0 aliphatic carbocycles. The van der Waals surface area contributed by atoms with Gasteiger partial charge in [-0.15, -0.1) is 0 Å². The Morgan fingerprint density at radius 3 is 2.49 bits per heavy atom. The Bertz CT molecular complexity index is 2110. The number of anilines is 1. The zero-order valence-corrected chi connectivity index (χ0v) is 25.7. The number of carbonyl (C=O) groups excluding carboxylic acids is 1. The minimum Gasteiger partial charge on any atom is -0.444 e. The lowest BCUT2D eigenvalue weighted by Crippen LogP contribution is -2.44. The van der Waals surface area contributed by atoms with Crippen LogP contribution in [-0.4, -0.2) is 45.3 Å². The van der Waals surface area contributed by atoms with E-state index in [9.17, 15) is 10.1 Å². The van der Waals surface area contributed by atoms with Crippen molar-refractivity contribution in [2.24, 2.45) is 0 Å². The largest absolute Gasteiger partial charge is 0.444 e. The highest BCUT2D eigenvalue weighted by molar-refractivity contribution is 6.16. The molecule has 7 nitrogen and oxygen atoms in total. The first-order chi connectivity index (χ1) is 21.8. The SMILES string of the molecule is CC(C)(C)OC(=O)N1CCC(Nc2cc(-n3c4ccccc4c4c(-c5cnc6ccccc6c5)cccc43)ccc2C#N)CC1. The maximum Gasteiger partial charge on any atom is 0.410 e. The van der Waals surface area contributed by atoms with E-state index in [1.807, 2.05) is 57.3 Å². The molecule has 0 unspecified atom stereocenters. The van der Waals surface area contributed by atoms with Gasteiger partial charge in [0.05, 0.1) is 27.8 Å². The van der Waals surface area contributed by atoms with Crippen molar-refractivity contribution in [2.45, 2.75) is 45.3 Å². The van der Waals surface area contributed by atoms with Crippen LogP contribution >= 0.6 is 0 Å². The average Bonchev–Trinajstić information content (AvgIpc) is 3.39. The van der Waals surface area contributed by atoms with Gasteiger partial charge >= 0.3 is 6.09 Å². The van der Waals surface area contributed by atoms with Gasteiger partial charge in [0.15, 0.2) is 0 Å². The average molecular weight is 594 g/mol. The lowest BCUT2D eigenvalue weighted by molar-refractivity contribution is 0.0210. The molecule has 1 amide bonds. The van der Waals surface area contributed by atoms with Crippen LogP contribution in [0.1, 0.15) is 39.2 Å². The summed E-state index contributed by atoms with van der Waals surface area (Å²) >= 11 is 0. The number of ether oxygens (including phenoxy) is 1. The molecule has 1 saturated heterocycles. The number of nitrogens with zero attached hydrogens (tertiary/aromatic N) is 4. The maximum absolute atomic E-state index is 12.6. The summed E-state index contributed by atoms with van der Waals surface area (Å²) in [6, 6.07) is 33.8. The van der Waals surface area contributed by atoms with E-state index >= 15 is 0 Å². The van der Waals surface area contributed by atoms with Gasteiger partial charge in [0.1, 0.15) is 11.7 Å². The van der Waals surface area contributed by atoms with Gasteiger partial charge in [0, 0.05) is 52.7 Å². The van der Waals surface area contributed by atoms with E-state index in [4.69, 9.17) is 9.72 Å². The van der Waals surface area contributed by atoms with Gasteiger partial charge in [0.25, 0.3) is 0 Å². The summed E-state index contributed by atoms with van der Waals surface area (Å²) in [5, 5.41) is 17.1. The Kier molecular flexibility index (Phi) is 7.13. The third-order valence-corrected chi connectivity index (χ3v) is 8.49. The van der Waals surface area contributed by atoms with Crippen molar-refractivity contribution in [2.75, 3.05) is 18.4 Å². The third-order valence-electron chi connectivity index (χ3n) is 8.49. The number of para-hydroxylation sites is 2. The number of likely N-dealkylation sites (tertiary alicyclic amines) is 1. The quantitative estimate of drug-likeness (QED) is 0.221. The van der Waals surface area contributed by atoms with Crippen LogP contribution < -0.4 is 5.32 Å². The molecule has 1 fully saturated rings. The van der Waals surface area contributed by atoms with E-state index in [1.54, 1.807) is 4.90 Å². The van der Waals surface area contributed by atoms with Gasteiger partial charge in [-0.2, -0.15) is 5.26 Å². The number of amides is 1. The van der Waals surface area contributed by atoms with Crippen molar-refractivity contribution in [3.63, 3.8) is 0 Å². The molecule has 224 valence electrons. The van der Waals surface area contributed by atoms with Gasteiger partial charge in [-0.3, -0.25) is 4.98 Å². The number of nitriles is 1. The first-order valence-electron chi connectivity index (χ1n) is 15.5. The van der Waals surface area contributed by atoms with Gasteiger partial charge in [-0.05, 0) is 81.6 Å². The summed E-state index contributed by atoms with van der Waals surface area (Å²) in [7, 11) is 0. The molecule has 6 aromatic rings. The van der Waals surface area contributed by atoms with Crippen LogP contribution in [0, 0.1) is 11.3 Å². The van der Waals surface area contributed by atoms with Gasteiger partial charge in [0.2, 0.25) is 0 Å². The van der Waals surface area contributed by atoms with E-state index in [1.165, 1.54) is 5.39 Å². The number of piperidine rings is 1. The van der Waals surface area contributed by atoms with Crippen molar-refractivity contribution < 1.29 is 9.53 Å². The molecule has 7 heteroatoms. The summed E-state index contributed by atoms with van der Waals surface area (Å²) in [6.45, 7) is 6.86. The Morgan fingerprint density at radius 2 is 1.69 bits per heavy atom. The highest BCUT2D eigenvalue weighted by atomic mass is 16.6. The fourth-order valence-corrected chi connectivity index (χ4v) is 6.40. The molecular formula is C38H35N5O2. The molecule has 2 aromatic heterocycles. The third kappa shape index (κ3) is 5.44. The summed E-state index contributed by atoms with van der Waals surface area (Å²) in [5.74, 6) is 0. The summed E-state index contributed by atoms with van der Waals surface area (Å²) in [6.07, 6.45) is 3.23. The summed E-state index contributed by atoms with van der Waals surface area (Å²) in [4.78, 5) is 19.1. The normalized spacial score (nSPS) is 14.1. The summed E-state index contributed by atoms with van der Waals surface area (Å²) < 4.78 is 7.85. The molecule has 0 spiro atoms. The molecule has 0 bridgehead atoms. The molecule has 1 aliphatic rings. The van der Waals surface area contributed by atoms with E-state index in [0.717, 1.165) is 62.7 Å². The number of benzene rings is 4. The zero-order valence-electron chi connectivity index (χ0n) is 25.7. The van der Waals surface area contributed by atoms with Crippen molar-refractivity contribution in [3.8, 4) is 22.9 Å². The van der Waals surface area contributed by atoms with E-state index in [0.29, 0.717) is 18.7 Å². The second-order valence-electron chi connectivity index (χ2n) is 12.7. The maximum atomic E-state index is 12.6. The van der Waals surface area contributed by atoms with Gasteiger partial charge < -0.3 is 19.5 Å². The molecule has 0 saturated carbocycles. The monoisotopic (exact) mass is 593 g/mol. The Hall–Kier alpha value is -5.35. The topological polar surface area (TPSA) is 83.2 Å². The second kappa shape index (κ2) is 11.3. The number of carbonyl (C=O) groups is 1. The number of rotatable bonds is 4. The van der Waals surface area contributed by atoms with Gasteiger partial charge in [-0.1, -0.05) is 48.5 Å². The minimum atomic E-state index is -0.520. The molecule has 45 heavy (non-hydrogen) atoms. The van der Waals surface area contributed by atoms with E-state index in [-0.39, 0.29) is 12.1 Å². The fraction of sp³-hybridized carbons (Fsp3) is 0.237. The zero-order chi connectivity index (χ0) is 31.1. The van der Waals surface area contributed by atoms with Crippen LogP contribution in [0.2, 0.25) is 0 Å². The predicted octanol–water partition coefficient (Wildman–Crippen LogP) is 8.68. The van der Waals surface area contributed by atoms with E-state index < -0.39 is 5.60 Å². The van der Waals surface area contributed by atoms with Crippen LogP contribution in [0.4, 0.5) is 10.5 Å². The fourth-order valence-electron chi connectivity index (χ4n) is 6.40. The van der Waals surface area contributed by atoms with Crippen LogP contribution in [0.3, 0.4) is 0 Å². The highest BCUT2D eigenvalue weighted by Gasteiger charge is 2.27. The Labute approximate surface area is 262 Å². The molecule has 0 radical (unpaired) electrons. The highest BCUT2D eigenvalue weighted by Crippen LogP contribution is 2.39. The number of fused-ring (bicyclic) bond motifs is 4. The molecule has 4 aromatic carbocycles. The lowest BCUT2D eigenvalue weighted by Gasteiger charge is -2.34. The van der Waals surface area contributed by atoms with Crippen LogP contribution in [-0.2, 0) is 4.74 Å². The molecule has 1 aliphatic heterocycles. The van der Waals surface area contributed by atoms with Crippen LogP contribution in [0.5, 0.6) is 0 Å². The number of nitrogens with one attached hydrogen (secondary N) is 1. The smallest absolute Gasteiger partial charge is 0.410 e. The van der Waals surface area contributed by atoms with E-state index in [2.05, 4.69) is 76.6 Å². The van der Waals surface area contributed by atoms with Crippen molar-refractivity contribution >= 4 is 44.5 Å². The molecule has 1 N–H and O–H groups in total. The van der Waals surface area contributed by atoms with Crippen molar-refractivity contribution in [3.05, 3.63) is 103 Å². The number of hydrogen-bond acceptors (Lipinski definition) is 5. The van der Waals surface area contributed by atoms with Gasteiger partial charge in [-0.25, -0.2) is 4.79 Å². The Morgan fingerprint density at radius 1 is 0.933 bits per heavy atom. The standard InChI is InChI=1S/C38H35N5O2/c1-38(2,3)45-37(44)42-19-17-28(18-20-42)41-33-22-29(16-15-26(33)23-39)43-34-13-7-5-10-31(34)36-30(11-8-14-35(36)43)27-21-25-9-4-6-12-32(25)40-24-27/h4-16,21-22,24,28,41H,17-20H2,1-3H3. The number of hydrogen-bond donors (Lipinski definition) is 1. The minimum absolute atomic E-state index is 0.135. The molecule has 3 heterocycles. The van der Waals surface area contributed by atoms with Crippen molar-refractivity contribution in [1.82, 2.24) is 14.5 Å². The van der Waals surface area contributed by atoms with Crippen molar-refractivity contribution in [1.29, 1.82) is 5.26 Å². The molecule has 0 atom stereocenters. The second-order valence-corrected chi connectivity index (χ2v) is 12.7.